The second-order valence-corrected chi connectivity index (χ2v) is 13.5. The molecular formula is C26H28N4O3S3. The van der Waals surface area contributed by atoms with E-state index in [9.17, 15) is 13.2 Å². The first-order valence-corrected chi connectivity index (χ1v) is 15.8. The van der Waals surface area contributed by atoms with Gasteiger partial charge in [-0.05, 0) is 58.8 Å². The Morgan fingerprint density at radius 1 is 1.08 bits per heavy atom. The van der Waals surface area contributed by atoms with Crippen molar-refractivity contribution < 1.29 is 8.42 Å². The highest BCUT2D eigenvalue weighted by atomic mass is 32.2. The van der Waals surface area contributed by atoms with Crippen molar-refractivity contribution in [2.45, 2.75) is 31.8 Å². The van der Waals surface area contributed by atoms with E-state index in [0.717, 1.165) is 59.6 Å². The van der Waals surface area contributed by atoms with Gasteiger partial charge < -0.3 is 0 Å². The zero-order chi connectivity index (χ0) is 24.9. The predicted molar refractivity (Wildman–Crippen MR) is 146 cm³/mol. The van der Waals surface area contributed by atoms with Crippen LogP contribution in [0.5, 0.6) is 0 Å². The molecule has 0 spiro atoms. The first-order valence-electron chi connectivity index (χ1n) is 12.2. The molecule has 6 rings (SSSR count). The summed E-state index contributed by atoms with van der Waals surface area (Å²) >= 11 is 3.19. The molecule has 0 radical (unpaired) electrons. The largest absolute Gasteiger partial charge is 0.296 e. The molecule has 0 amide bonds. The van der Waals surface area contributed by atoms with E-state index < -0.39 is 10.0 Å². The monoisotopic (exact) mass is 540 g/mol. The second-order valence-electron chi connectivity index (χ2n) is 9.73. The summed E-state index contributed by atoms with van der Waals surface area (Å²) in [5, 5.41) is 4.15. The molecule has 0 saturated carbocycles. The van der Waals surface area contributed by atoms with Crippen molar-refractivity contribution in [3.05, 3.63) is 74.5 Å². The number of fused-ring (bicyclic) bond motifs is 2. The summed E-state index contributed by atoms with van der Waals surface area (Å²) in [5.41, 5.74) is 5.91. The van der Waals surface area contributed by atoms with Gasteiger partial charge in [-0.15, -0.1) is 11.3 Å². The quantitative estimate of drug-likeness (QED) is 0.383. The van der Waals surface area contributed by atoms with E-state index in [1.807, 2.05) is 10.6 Å². The number of rotatable bonds is 5. The number of hydrogen-bond acceptors (Lipinski definition) is 7. The topological polar surface area (TPSA) is 75.5 Å². The summed E-state index contributed by atoms with van der Waals surface area (Å²) in [6.45, 7) is 3.44. The Morgan fingerprint density at radius 3 is 2.67 bits per heavy atom. The fraction of sp³-hybridized carbons (Fsp3) is 0.385. The molecule has 1 aliphatic heterocycles. The second kappa shape index (κ2) is 9.50. The number of piperazine rings is 1. The van der Waals surface area contributed by atoms with Gasteiger partial charge in [0.1, 0.15) is 4.70 Å². The van der Waals surface area contributed by atoms with Crippen LogP contribution in [0.3, 0.4) is 0 Å². The Kier molecular flexibility index (Phi) is 6.33. The lowest BCUT2D eigenvalue weighted by molar-refractivity contribution is 0.182. The highest BCUT2D eigenvalue weighted by Crippen LogP contribution is 2.33. The van der Waals surface area contributed by atoms with E-state index in [-0.39, 0.29) is 11.6 Å². The number of benzene rings is 1. The first kappa shape index (κ1) is 24.0. The van der Waals surface area contributed by atoms with Crippen LogP contribution in [0.4, 0.5) is 0 Å². The minimum absolute atomic E-state index is 0.0600. The summed E-state index contributed by atoms with van der Waals surface area (Å²) in [5.74, 6) is 0. The van der Waals surface area contributed by atoms with Gasteiger partial charge in [-0.1, -0.05) is 18.2 Å². The number of aryl methyl sites for hydroxylation is 1. The summed E-state index contributed by atoms with van der Waals surface area (Å²) in [6, 6.07) is 10.9. The lowest BCUT2D eigenvalue weighted by Gasteiger charge is -2.33. The van der Waals surface area contributed by atoms with E-state index in [1.54, 1.807) is 22.0 Å². The maximum Gasteiger partial charge on any atom is 0.271 e. The minimum Gasteiger partial charge on any atom is -0.296 e. The third-order valence-corrected chi connectivity index (χ3v) is 10.5. The maximum absolute atomic E-state index is 13.4. The highest BCUT2D eigenvalue weighted by Gasteiger charge is 2.25. The number of sulfonamides is 1. The van der Waals surface area contributed by atoms with Crippen LogP contribution in [0, 0.1) is 0 Å². The molecule has 0 bridgehead atoms. The van der Waals surface area contributed by atoms with Crippen LogP contribution >= 0.6 is 22.7 Å². The van der Waals surface area contributed by atoms with Crippen molar-refractivity contribution in [1.82, 2.24) is 18.8 Å². The molecule has 1 aliphatic carbocycles. The molecular weight excluding hydrogens is 513 g/mol. The molecule has 2 aliphatic rings. The molecule has 0 N–H and O–H groups in total. The molecule has 4 aromatic rings. The Balaban J connectivity index is 1.16. The van der Waals surface area contributed by atoms with Crippen LogP contribution in [-0.4, -0.2) is 59.6 Å². The van der Waals surface area contributed by atoms with Crippen molar-refractivity contribution in [3.63, 3.8) is 0 Å². The highest BCUT2D eigenvalue weighted by molar-refractivity contribution is 7.88. The predicted octanol–water partition coefficient (Wildman–Crippen LogP) is 3.99. The van der Waals surface area contributed by atoms with E-state index in [0.29, 0.717) is 13.1 Å². The van der Waals surface area contributed by atoms with E-state index in [2.05, 4.69) is 44.9 Å². The van der Waals surface area contributed by atoms with Gasteiger partial charge in [-0.2, -0.15) is 15.6 Å². The molecule has 188 valence electrons. The SMILES string of the molecule is CS(=O)(=O)N1CCN(Cc2ccc3c(c2)CC[C@H](n2cnc4cc(-c5ccsc5)sc4c2=O)C3)CC1. The Labute approximate surface area is 218 Å². The minimum atomic E-state index is -3.11. The smallest absolute Gasteiger partial charge is 0.271 e. The molecule has 1 fully saturated rings. The van der Waals surface area contributed by atoms with Crippen molar-refractivity contribution in [2.75, 3.05) is 32.4 Å². The lowest BCUT2D eigenvalue weighted by atomic mass is 9.87. The summed E-state index contributed by atoms with van der Waals surface area (Å²) in [6.07, 6.45) is 5.70. The van der Waals surface area contributed by atoms with Crippen molar-refractivity contribution >= 4 is 42.9 Å². The normalized spacial score (nSPS) is 19.5. The molecule has 1 atom stereocenters. The number of hydrogen-bond donors (Lipinski definition) is 0. The van der Waals surface area contributed by atoms with Gasteiger partial charge in [0, 0.05) is 49.2 Å². The number of aromatic nitrogens is 2. The van der Waals surface area contributed by atoms with Crippen LogP contribution in [0.2, 0.25) is 0 Å². The van der Waals surface area contributed by atoms with Gasteiger partial charge in [0.25, 0.3) is 5.56 Å². The fourth-order valence-electron chi connectivity index (χ4n) is 5.33. The van der Waals surface area contributed by atoms with Crippen molar-refractivity contribution in [2.24, 2.45) is 0 Å². The molecule has 4 heterocycles. The zero-order valence-corrected chi connectivity index (χ0v) is 22.5. The number of thiophene rings is 2. The summed E-state index contributed by atoms with van der Waals surface area (Å²) in [7, 11) is -3.11. The van der Waals surface area contributed by atoms with Gasteiger partial charge in [0.05, 0.1) is 18.1 Å². The zero-order valence-electron chi connectivity index (χ0n) is 20.1. The summed E-state index contributed by atoms with van der Waals surface area (Å²) < 4.78 is 27.7. The third kappa shape index (κ3) is 4.68. The van der Waals surface area contributed by atoms with E-state index in [4.69, 9.17) is 0 Å². The van der Waals surface area contributed by atoms with Gasteiger partial charge in [0.15, 0.2) is 0 Å². The molecule has 10 heteroatoms. The van der Waals surface area contributed by atoms with Gasteiger partial charge in [-0.25, -0.2) is 13.4 Å². The van der Waals surface area contributed by atoms with Crippen molar-refractivity contribution in [3.8, 4) is 10.4 Å². The van der Waals surface area contributed by atoms with Crippen molar-refractivity contribution in [1.29, 1.82) is 0 Å². The molecule has 1 saturated heterocycles. The Bertz CT molecular complexity index is 1570. The Morgan fingerprint density at radius 2 is 1.92 bits per heavy atom. The van der Waals surface area contributed by atoms with Crippen LogP contribution in [-0.2, 0) is 29.4 Å². The van der Waals surface area contributed by atoms with Crippen LogP contribution in [0.15, 0.2) is 52.2 Å². The summed E-state index contributed by atoms with van der Waals surface area (Å²) in [4.78, 5) is 21.4. The fourth-order valence-corrected chi connectivity index (χ4v) is 7.94. The van der Waals surface area contributed by atoms with Crippen LogP contribution < -0.4 is 5.56 Å². The molecule has 1 aromatic carbocycles. The number of nitrogens with zero attached hydrogens (tertiary/aromatic N) is 4. The molecule has 3 aromatic heterocycles. The molecule has 36 heavy (non-hydrogen) atoms. The van der Waals surface area contributed by atoms with Crippen LogP contribution in [0.25, 0.3) is 20.7 Å². The van der Waals surface area contributed by atoms with Crippen LogP contribution in [0.1, 0.15) is 29.2 Å². The maximum atomic E-state index is 13.4. The average molecular weight is 541 g/mol. The lowest BCUT2D eigenvalue weighted by Crippen LogP contribution is -2.47. The molecule has 7 nitrogen and oxygen atoms in total. The molecule has 0 unspecified atom stereocenters. The third-order valence-electron chi connectivity index (χ3n) is 7.34. The van der Waals surface area contributed by atoms with Gasteiger partial charge in [0.2, 0.25) is 10.0 Å². The Hall–Kier alpha value is -2.37. The van der Waals surface area contributed by atoms with E-state index in [1.165, 1.54) is 34.3 Å². The first-order chi connectivity index (χ1) is 17.3. The van der Waals surface area contributed by atoms with Gasteiger partial charge in [-0.3, -0.25) is 14.3 Å². The van der Waals surface area contributed by atoms with E-state index >= 15 is 0 Å². The average Bonchev–Trinajstić information content (AvgIpc) is 3.54. The van der Waals surface area contributed by atoms with Gasteiger partial charge >= 0.3 is 0 Å². The standard InChI is InChI=1S/C26H28N4O3S3/c1-36(32,33)29-9-7-28(8-10-29)15-18-2-3-20-13-22(5-4-19(20)12-18)30-17-27-23-14-24(21-6-11-34-16-21)35-25(23)26(30)31/h2-3,6,11-12,14,16-17,22H,4-5,7-10,13,15H2,1H3/t22-/m0/s1.